The lowest BCUT2D eigenvalue weighted by Crippen LogP contribution is -2.24. The third-order valence-corrected chi connectivity index (χ3v) is 2.15. The highest BCUT2D eigenvalue weighted by Gasteiger charge is 1.88. The Morgan fingerprint density at radius 2 is 1.53 bits per heavy atom. The molecule has 0 aromatic heterocycles. The summed E-state index contributed by atoms with van der Waals surface area (Å²) in [5.41, 5.74) is 1.35. The summed E-state index contributed by atoms with van der Waals surface area (Å²) >= 11 is 0. The molecule has 17 heavy (non-hydrogen) atoms. The van der Waals surface area contributed by atoms with E-state index in [2.05, 4.69) is 38.3 Å². The zero-order valence-electron chi connectivity index (χ0n) is 10.7. The van der Waals surface area contributed by atoms with Gasteiger partial charge in [0, 0.05) is 0 Å². The van der Waals surface area contributed by atoms with Crippen molar-refractivity contribution in [2.24, 2.45) is 0 Å². The summed E-state index contributed by atoms with van der Waals surface area (Å²) in [5.74, 6) is 0. The Bertz CT molecular complexity index is 436. The van der Waals surface area contributed by atoms with Gasteiger partial charge in [0.25, 0.3) is 0 Å². The molecule has 0 bridgehead atoms. The van der Waals surface area contributed by atoms with Gasteiger partial charge in [0.15, 0.2) is 0 Å². The van der Waals surface area contributed by atoms with E-state index in [1.165, 1.54) is 16.0 Å². The Morgan fingerprint density at radius 3 is 2.00 bits per heavy atom. The quantitative estimate of drug-likeness (QED) is 0.740. The van der Waals surface area contributed by atoms with Gasteiger partial charge in [-0.2, -0.15) is 0 Å². The fraction of sp³-hybridized carbons (Fsp3) is 0.294. The minimum atomic E-state index is 0. The monoisotopic (exact) mass is 230 g/mol. The highest BCUT2D eigenvalue weighted by molar-refractivity contribution is 5.43. The van der Waals surface area contributed by atoms with E-state index in [9.17, 15) is 0 Å². The van der Waals surface area contributed by atoms with E-state index in [-0.39, 0.29) is 7.43 Å². The van der Waals surface area contributed by atoms with E-state index in [1.54, 1.807) is 6.08 Å². The minimum absolute atomic E-state index is 0. The SMILES string of the molecule is C.C=C/C=c1/ccc(CC)c/c1=C/C=C.CC. The molecule has 0 unspecified atom stereocenters. The van der Waals surface area contributed by atoms with Gasteiger partial charge in [-0.25, -0.2) is 0 Å². The van der Waals surface area contributed by atoms with Crippen LogP contribution in [0.2, 0.25) is 0 Å². The molecule has 0 heteroatoms. The maximum Gasteiger partial charge on any atom is -0.0182 e. The highest BCUT2D eigenvalue weighted by Crippen LogP contribution is 1.92. The lowest BCUT2D eigenvalue weighted by atomic mass is 10.1. The minimum Gasteiger partial charge on any atom is -0.0990 e. The Kier molecular flexibility index (Phi) is 11.5. The van der Waals surface area contributed by atoms with E-state index >= 15 is 0 Å². The molecule has 0 nitrogen and oxygen atoms in total. The molecule has 0 saturated carbocycles. The lowest BCUT2D eigenvalue weighted by molar-refractivity contribution is 1.13. The number of allylic oxidation sites excluding steroid dienone is 2. The van der Waals surface area contributed by atoms with Crippen LogP contribution < -0.4 is 10.4 Å². The molecule has 0 spiro atoms. The molecule has 0 atom stereocenters. The summed E-state index contributed by atoms with van der Waals surface area (Å²) < 4.78 is 0. The van der Waals surface area contributed by atoms with Gasteiger partial charge in [0.2, 0.25) is 0 Å². The predicted octanol–water partition coefficient (Wildman–Crippen LogP) is 3.84. The van der Waals surface area contributed by atoms with Crippen LogP contribution in [0, 0.1) is 0 Å². The molecular weight excluding hydrogens is 204 g/mol. The van der Waals surface area contributed by atoms with Crippen LogP contribution in [0.25, 0.3) is 12.2 Å². The maximum absolute atomic E-state index is 3.72. The van der Waals surface area contributed by atoms with Crippen LogP contribution in [0.15, 0.2) is 43.5 Å². The van der Waals surface area contributed by atoms with Gasteiger partial charge in [0.05, 0.1) is 0 Å². The van der Waals surface area contributed by atoms with Crippen LogP contribution in [0.3, 0.4) is 0 Å². The summed E-state index contributed by atoms with van der Waals surface area (Å²) in [6, 6.07) is 6.46. The van der Waals surface area contributed by atoms with Crippen molar-refractivity contribution in [3.8, 4) is 0 Å². The van der Waals surface area contributed by atoms with Crippen LogP contribution in [0.5, 0.6) is 0 Å². The first kappa shape index (κ1) is 17.8. The summed E-state index contributed by atoms with van der Waals surface area (Å²) in [6.07, 6.45) is 8.71. The summed E-state index contributed by atoms with van der Waals surface area (Å²) in [6.45, 7) is 13.6. The fourth-order valence-electron chi connectivity index (χ4n) is 1.39. The molecule has 1 rings (SSSR count). The first-order valence-electron chi connectivity index (χ1n) is 5.86. The van der Waals surface area contributed by atoms with Gasteiger partial charge in [-0.3, -0.25) is 0 Å². The average Bonchev–Trinajstić information content (AvgIpc) is 2.34. The molecular formula is C17H26. The predicted molar refractivity (Wildman–Crippen MR) is 82.5 cm³/mol. The van der Waals surface area contributed by atoms with Gasteiger partial charge in [0.1, 0.15) is 0 Å². The summed E-state index contributed by atoms with van der Waals surface area (Å²) in [7, 11) is 0. The van der Waals surface area contributed by atoms with Gasteiger partial charge in [-0.1, -0.05) is 83.9 Å². The Labute approximate surface area is 107 Å². The summed E-state index contributed by atoms with van der Waals surface area (Å²) in [4.78, 5) is 0. The standard InChI is InChI=1S/C14H16.C2H6.CH4/c1-4-7-13-10-9-12(6-3)11-14(13)8-5-2;1-2;/h4-5,7-11H,1-2,6H2,3H3;1-2H3;1H4/b13-7-,14-8-;;. The van der Waals surface area contributed by atoms with E-state index in [4.69, 9.17) is 0 Å². The Balaban J connectivity index is 0. The zero-order valence-corrected chi connectivity index (χ0v) is 10.7. The van der Waals surface area contributed by atoms with Gasteiger partial charge in [-0.05, 0) is 22.4 Å². The molecule has 0 amide bonds. The van der Waals surface area contributed by atoms with E-state index in [1.807, 2.05) is 32.1 Å². The van der Waals surface area contributed by atoms with Crippen molar-refractivity contribution < 1.29 is 0 Å². The van der Waals surface area contributed by atoms with Crippen molar-refractivity contribution in [3.05, 3.63) is 59.5 Å². The molecule has 0 aliphatic heterocycles. The Hall–Kier alpha value is -1.56. The van der Waals surface area contributed by atoms with Crippen LogP contribution in [-0.2, 0) is 6.42 Å². The molecule has 0 aliphatic carbocycles. The molecule has 1 aromatic rings. The van der Waals surface area contributed by atoms with E-state index in [0.717, 1.165) is 6.42 Å². The van der Waals surface area contributed by atoms with Gasteiger partial charge < -0.3 is 0 Å². The second-order valence-electron chi connectivity index (χ2n) is 3.12. The van der Waals surface area contributed by atoms with Crippen molar-refractivity contribution >= 4 is 12.2 Å². The average molecular weight is 230 g/mol. The van der Waals surface area contributed by atoms with Crippen molar-refractivity contribution in [2.45, 2.75) is 34.6 Å². The van der Waals surface area contributed by atoms with Crippen LogP contribution in [0.4, 0.5) is 0 Å². The summed E-state index contributed by atoms with van der Waals surface area (Å²) in [5, 5.41) is 2.40. The smallest absolute Gasteiger partial charge is 0.0182 e. The maximum atomic E-state index is 3.72. The number of benzene rings is 1. The molecule has 0 saturated heterocycles. The van der Waals surface area contributed by atoms with Crippen molar-refractivity contribution in [3.63, 3.8) is 0 Å². The van der Waals surface area contributed by atoms with E-state index < -0.39 is 0 Å². The number of rotatable bonds is 3. The number of hydrogen-bond donors (Lipinski definition) is 0. The second-order valence-corrected chi connectivity index (χ2v) is 3.12. The van der Waals surface area contributed by atoms with Crippen molar-refractivity contribution in [1.29, 1.82) is 0 Å². The first-order valence-corrected chi connectivity index (χ1v) is 5.86. The second kappa shape index (κ2) is 10.9. The third-order valence-electron chi connectivity index (χ3n) is 2.15. The topological polar surface area (TPSA) is 0 Å². The number of hydrogen-bond acceptors (Lipinski definition) is 0. The highest BCUT2D eigenvalue weighted by atomic mass is 13.9. The number of aryl methyl sites for hydroxylation is 1. The molecule has 94 valence electrons. The van der Waals surface area contributed by atoms with Crippen molar-refractivity contribution in [1.82, 2.24) is 0 Å². The molecule has 0 heterocycles. The van der Waals surface area contributed by atoms with Crippen LogP contribution >= 0.6 is 0 Å². The first-order chi connectivity index (χ1) is 7.81. The molecule has 0 aliphatic rings. The largest absolute Gasteiger partial charge is 0.0990 e. The van der Waals surface area contributed by atoms with Gasteiger partial charge >= 0.3 is 0 Å². The van der Waals surface area contributed by atoms with E-state index in [0.29, 0.717) is 0 Å². The van der Waals surface area contributed by atoms with Crippen LogP contribution in [-0.4, -0.2) is 0 Å². The van der Waals surface area contributed by atoms with Gasteiger partial charge in [-0.15, -0.1) is 0 Å². The Morgan fingerprint density at radius 1 is 1.00 bits per heavy atom. The lowest BCUT2D eigenvalue weighted by Gasteiger charge is -1.96. The fourth-order valence-corrected chi connectivity index (χ4v) is 1.39. The molecule has 0 fully saturated rings. The third kappa shape index (κ3) is 5.91. The zero-order chi connectivity index (χ0) is 12.4. The molecule has 1 aromatic carbocycles. The molecule has 0 N–H and O–H groups in total. The van der Waals surface area contributed by atoms with Crippen molar-refractivity contribution in [2.75, 3.05) is 0 Å². The molecule has 0 radical (unpaired) electrons. The van der Waals surface area contributed by atoms with Crippen LogP contribution in [0.1, 0.15) is 33.8 Å². The normalized spacial score (nSPS) is 11.0.